The van der Waals surface area contributed by atoms with E-state index >= 15 is 0 Å². The molecule has 0 unspecified atom stereocenters. The lowest BCUT2D eigenvalue weighted by atomic mass is 10.2. The molecule has 0 saturated heterocycles. The molecule has 2 aromatic carbocycles. The lowest BCUT2D eigenvalue weighted by Gasteiger charge is -2.07. The molecule has 0 aliphatic carbocycles. The van der Waals surface area contributed by atoms with Crippen molar-refractivity contribution in [3.63, 3.8) is 0 Å². The van der Waals surface area contributed by atoms with Crippen molar-refractivity contribution in [1.82, 2.24) is 0 Å². The Morgan fingerprint density at radius 2 is 1.94 bits per heavy atom. The fourth-order valence-corrected chi connectivity index (χ4v) is 1.61. The van der Waals surface area contributed by atoms with Gasteiger partial charge in [-0.15, -0.1) is 0 Å². The van der Waals surface area contributed by atoms with Crippen molar-refractivity contribution in [3.05, 3.63) is 58.1 Å². The van der Waals surface area contributed by atoms with Crippen LogP contribution in [0.25, 0.3) is 0 Å². The van der Waals surface area contributed by atoms with Gasteiger partial charge in [-0.2, -0.15) is 0 Å². The lowest BCUT2D eigenvalue weighted by Crippen LogP contribution is -1.93. The summed E-state index contributed by atoms with van der Waals surface area (Å²) in [6, 6.07) is 10.8. The molecule has 1 N–H and O–H groups in total. The molecule has 0 aliphatic heterocycles. The van der Waals surface area contributed by atoms with Gasteiger partial charge in [0.1, 0.15) is 11.5 Å². The van der Waals surface area contributed by atoms with Gasteiger partial charge in [0.25, 0.3) is 0 Å². The first-order valence-electron chi connectivity index (χ1n) is 5.28. The third kappa shape index (κ3) is 2.57. The van der Waals surface area contributed by atoms with Crippen LogP contribution in [0.4, 0.5) is 5.69 Å². The largest absolute Gasteiger partial charge is 0.508 e. The lowest BCUT2D eigenvalue weighted by molar-refractivity contribution is -0.385. The summed E-state index contributed by atoms with van der Waals surface area (Å²) in [5.74, 6) is 0.567. The van der Waals surface area contributed by atoms with E-state index in [9.17, 15) is 15.2 Å². The summed E-state index contributed by atoms with van der Waals surface area (Å²) in [6.45, 7) is 1.80. The average molecular weight is 245 g/mol. The van der Waals surface area contributed by atoms with Crippen molar-refractivity contribution in [3.8, 4) is 17.2 Å². The van der Waals surface area contributed by atoms with Crippen LogP contribution in [0.3, 0.4) is 0 Å². The molecule has 2 aromatic rings. The fourth-order valence-electron chi connectivity index (χ4n) is 1.61. The molecule has 5 heteroatoms. The zero-order chi connectivity index (χ0) is 13.1. The first kappa shape index (κ1) is 11.9. The first-order chi connectivity index (χ1) is 8.56. The number of ether oxygens (including phenoxy) is 1. The Labute approximate surface area is 103 Å². The molecule has 92 valence electrons. The van der Waals surface area contributed by atoms with Gasteiger partial charge >= 0.3 is 5.69 Å². The number of aryl methyl sites for hydroxylation is 1. The number of nitrogens with zero attached hydrogens (tertiary/aromatic N) is 1. The number of phenols is 1. The molecule has 0 atom stereocenters. The number of aromatic hydroxyl groups is 1. The Kier molecular flexibility index (Phi) is 3.14. The second kappa shape index (κ2) is 4.75. The number of nitro benzene ring substituents is 1. The quantitative estimate of drug-likeness (QED) is 0.664. The molecule has 0 saturated carbocycles. The van der Waals surface area contributed by atoms with Gasteiger partial charge < -0.3 is 9.84 Å². The summed E-state index contributed by atoms with van der Waals surface area (Å²) < 4.78 is 5.43. The molecule has 0 aromatic heterocycles. The summed E-state index contributed by atoms with van der Waals surface area (Å²) in [4.78, 5) is 10.3. The monoisotopic (exact) mass is 245 g/mol. The SMILES string of the molecule is Cc1cc(O)cc(Oc2ccccc2[N+](=O)[O-])c1. The molecule has 0 amide bonds. The maximum absolute atomic E-state index is 10.8. The minimum Gasteiger partial charge on any atom is -0.508 e. The van der Waals surface area contributed by atoms with Crippen LogP contribution in [-0.2, 0) is 0 Å². The van der Waals surface area contributed by atoms with Crippen molar-refractivity contribution in [2.75, 3.05) is 0 Å². The van der Waals surface area contributed by atoms with Crippen LogP contribution in [0.1, 0.15) is 5.56 Å². The normalized spacial score (nSPS) is 10.1. The van der Waals surface area contributed by atoms with E-state index in [1.54, 1.807) is 31.2 Å². The van der Waals surface area contributed by atoms with Crippen molar-refractivity contribution >= 4 is 5.69 Å². The number of para-hydroxylation sites is 2. The van der Waals surface area contributed by atoms with Gasteiger partial charge in [0.15, 0.2) is 0 Å². The van der Waals surface area contributed by atoms with Gasteiger partial charge in [-0.05, 0) is 30.7 Å². The average Bonchev–Trinajstić information content (AvgIpc) is 2.27. The fraction of sp³-hybridized carbons (Fsp3) is 0.0769. The summed E-state index contributed by atoms with van der Waals surface area (Å²) in [7, 11) is 0. The highest BCUT2D eigenvalue weighted by Gasteiger charge is 2.14. The van der Waals surface area contributed by atoms with Crippen molar-refractivity contribution in [2.24, 2.45) is 0 Å². The van der Waals surface area contributed by atoms with E-state index in [2.05, 4.69) is 0 Å². The van der Waals surface area contributed by atoms with Crippen LogP contribution in [0, 0.1) is 17.0 Å². The molecule has 0 spiro atoms. The van der Waals surface area contributed by atoms with E-state index in [4.69, 9.17) is 4.74 Å². The highest BCUT2D eigenvalue weighted by molar-refractivity contribution is 5.49. The van der Waals surface area contributed by atoms with Crippen LogP contribution in [0.5, 0.6) is 17.2 Å². The first-order valence-corrected chi connectivity index (χ1v) is 5.28. The number of nitro groups is 1. The topological polar surface area (TPSA) is 72.6 Å². The number of hydrogen-bond acceptors (Lipinski definition) is 4. The Balaban J connectivity index is 2.37. The zero-order valence-corrected chi connectivity index (χ0v) is 9.66. The van der Waals surface area contributed by atoms with E-state index < -0.39 is 4.92 Å². The third-order valence-corrected chi connectivity index (χ3v) is 2.33. The van der Waals surface area contributed by atoms with Gasteiger partial charge in [-0.25, -0.2) is 0 Å². The van der Waals surface area contributed by atoms with E-state index in [1.807, 2.05) is 0 Å². The van der Waals surface area contributed by atoms with Gasteiger partial charge in [-0.3, -0.25) is 10.1 Å². The highest BCUT2D eigenvalue weighted by Crippen LogP contribution is 2.32. The second-order valence-electron chi connectivity index (χ2n) is 3.83. The van der Waals surface area contributed by atoms with Gasteiger partial charge in [-0.1, -0.05) is 12.1 Å². The van der Waals surface area contributed by atoms with Gasteiger partial charge in [0, 0.05) is 12.1 Å². The summed E-state index contributed by atoms with van der Waals surface area (Å²) in [6.07, 6.45) is 0. The maximum atomic E-state index is 10.8. The van der Waals surface area contributed by atoms with Crippen molar-refractivity contribution in [1.29, 1.82) is 0 Å². The number of phenolic OH excluding ortho intramolecular Hbond substituents is 1. The minimum atomic E-state index is -0.509. The van der Waals surface area contributed by atoms with Gasteiger partial charge in [0.05, 0.1) is 4.92 Å². The molecule has 18 heavy (non-hydrogen) atoms. The second-order valence-corrected chi connectivity index (χ2v) is 3.83. The predicted molar refractivity (Wildman–Crippen MR) is 66.0 cm³/mol. The van der Waals surface area contributed by atoms with Crippen LogP contribution in [0.2, 0.25) is 0 Å². The van der Waals surface area contributed by atoms with Crippen molar-refractivity contribution < 1.29 is 14.8 Å². The standard InChI is InChI=1S/C13H11NO4/c1-9-6-10(15)8-11(7-9)18-13-5-3-2-4-12(13)14(16)17/h2-8,15H,1H3. The van der Waals surface area contributed by atoms with Crippen LogP contribution < -0.4 is 4.74 Å². The van der Waals surface area contributed by atoms with Crippen LogP contribution in [-0.4, -0.2) is 10.0 Å². The number of rotatable bonds is 3. The summed E-state index contributed by atoms with van der Waals surface area (Å²) >= 11 is 0. The van der Waals surface area contributed by atoms with E-state index in [0.717, 1.165) is 5.56 Å². The molecule has 0 radical (unpaired) electrons. The molecule has 0 aliphatic rings. The van der Waals surface area contributed by atoms with Crippen LogP contribution in [0.15, 0.2) is 42.5 Å². The highest BCUT2D eigenvalue weighted by atomic mass is 16.6. The van der Waals surface area contributed by atoms with E-state index in [1.165, 1.54) is 18.2 Å². The van der Waals surface area contributed by atoms with Gasteiger partial charge in [0.2, 0.25) is 5.75 Å². The van der Waals surface area contributed by atoms with Crippen molar-refractivity contribution in [2.45, 2.75) is 6.92 Å². The molecular formula is C13H11NO4. The Morgan fingerprint density at radius 1 is 1.22 bits per heavy atom. The molecule has 5 nitrogen and oxygen atoms in total. The molecule has 0 fully saturated rings. The summed E-state index contributed by atoms with van der Waals surface area (Å²) in [5, 5.41) is 20.3. The van der Waals surface area contributed by atoms with E-state index in [-0.39, 0.29) is 17.2 Å². The maximum Gasteiger partial charge on any atom is 0.311 e. The molecular weight excluding hydrogens is 234 g/mol. The minimum absolute atomic E-state index is 0.0589. The third-order valence-electron chi connectivity index (χ3n) is 2.33. The number of hydrogen-bond donors (Lipinski definition) is 1. The Morgan fingerprint density at radius 3 is 2.61 bits per heavy atom. The molecule has 0 bridgehead atoms. The molecule has 2 rings (SSSR count). The number of benzene rings is 2. The zero-order valence-electron chi connectivity index (χ0n) is 9.66. The smallest absolute Gasteiger partial charge is 0.311 e. The molecule has 0 heterocycles. The Bertz CT molecular complexity index is 575. The Hall–Kier alpha value is -2.56. The summed E-state index contributed by atoms with van der Waals surface area (Å²) in [5.41, 5.74) is 0.696. The van der Waals surface area contributed by atoms with Crippen LogP contribution >= 0.6 is 0 Å². The van der Waals surface area contributed by atoms with E-state index in [0.29, 0.717) is 5.75 Å². The predicted octanol–water partition coefficient (Wildman–Crippen LogP) is 3.40.